The van der Waals surface area contributed by atoms with Gasteiger partial charge >= 0.3 is 6.18 Å². The van der Waals surface area contributed by atoms with Crippen molar-refractivity contribution in [1.29, 1.82) is 0 Å². The first kappa shape index (κ1) is 15.8. The number of hydrogen-bond donors (Lipinski definition) is 2. The van der Waals surface area contributed by atoms with Crippen LogP contribution in [-0.2, 0) is 14.4 Å². The van der Waals surface area contributed by atoms with Gasteiger partial charge in [-0.15, -0.1) is 0 Å². The van der Waals surface area contributed by atoms with Crippen molar-refractivity contribution < 1.29 is 27.6 Å². The van der Waals surface area contributed by atoms with E-state index in [1.807, 2.05) is 0 Å². The van der Waals surface area contributed by atoms with Crippen LogP contribution in [0, 0.1) is 11.8 Å². The molecule has 0 aromatic carbocycles. The second-order valence-electron chi connectivity index (χ2n) is 5.61. The summed E-state index contributed by atoms with van der Waals surface area (Å²) in [5, 5.41) is 4.56. The van der Waals surface area contributed by atoms with Crippen LogP contribution in [0.15, 0.2) is 0 Å². The van der Waals surface area contributed by atoms with Crippen LogP contribution in [0.2, 0.25) is 0 Å². The minimum Gasteiger partial charge on any atom is -0.344 e. The van der Waals surface area contributed by atoms with Gasteiger partial charge in [0.1, 0.15) is 6.04 Å². The van der Waals surface area contributed by atoms with E-state index in [2.05, 4.69) is 10.6 Å². The summed E-state index contributed by atoms with van der Waals surface area (Å²) in [6.45, 7) is 0. The topological polar surface area (TPSA) is 75.3 Å². The Morgan fingerprint density at radius 1 is 1.19 bits per heavy atom. The summed E-state index contributed by atoms with van der Waals surface area (Å²) in [5.41, 5.74) is 0. The lowest BCUT2D eigenvalue weighted by Crippen LogP contribution is -2.53. The summed E-state index contributed by atoms with van der Waals surface area (Å²) in [6, 6.07) is -0.832. The maximum atomic E-state index is 12.7. The van der Waals surface area contributed by atoms with Gasteiger partial charge in [0, 0.05) is 12.3 Å². The number of rotatable bonds is 2. The number of halogens is 3. The fourth-order valence-corrected chi connectivity index (χ4v) is 2.85. The largest absolute Gasteiger partial charge is 0.391 e. The molecule has 21 heavy (non-hydrogen) atoms. The van der Waals surface area contributed by atoms with Crippen LogP contribution in [0.5, 0.6) is 0 Å². The Bertz CT molecular complexity index is 450. The van der Waals surface area contributed by atoms with Gasteiger partial charge in [0.25, 0.3) is 0 Å². The number of imide groups is 1. The molecule has 2 aliphatic rings. The van der Waals surface area contributed by atoms with Gasteiger partial charge in [-0.2, -0.15) is 13.2 Å². The van der Waals surface area contributed by atoms with E-state index in [1.165, 1.54) is 0 Å². The van der Waals surface area contributed by atoms with Crippen LogP contribution >= 0.6 is 0 Å². The first-order valence-electron chi connectivity index (χ1n) is 6.98. The molecule has 1 saturated carbocycles. The minimum atomic E-state index is -4.28. The Kier molecular flexibility index (Phi) is 4.53. The highest BCUT2D eigenvalue weighted by molar-refractivity contribution is 6.01. The molecule has 1 heterocycles. The molecule has 2 fully saturated rings. The van der Waals surface area contributed by atoms with Crippen molar-refractivity contribution in [3.63, 3.8) is 0 Å². The van der Waals surface area contributed by atoms with E-state index in [1.54, 1.807) is 0 Å². The van der Waals surface area contributed by atoms with Crippen molar-refractivity contribution in [1.82, 2.24) is 10.6 Å². The van der Waals surface area contributed by atoms with Crippen molar-refractivity contribution in [3.8, 4) is 0 Å². The molecule has 0 radical (unpaired) electrons. The Hall–Kier alpha value is -1.60. The van der Waals surface area contributed by atoms with E-state index in [0.29, 0.717) is 12.8 Å². The SMILES string of the molecule is O=C1CCC(NC(=O)C2CCCC(C(F)(F)F)C2)C(=O)N1. The smallest absolute Gasteiger partial charge is 0.344 e. The number of amides is 3. The molecular weight excluding hydrogens is 289 g/mol. The van der Waals surface area contributed by atoms with E-state index in [0.717, 1.165) is 0 Å². The molecule has 8 heteroatoms. The monoisotopic (exact) mass is 306 g/mol. The summed E-state index contributed by atoms with van der Waals surface area (Å²) in [4.78, 5) is 34.5. The van der Waals surface area contributed by atoms with Crippen molar-refractivity contribution in [2.75, 3.05) is 0 Å². The van der Waals surface area contributed by atoms with Crippen LogP contribution < -0.4 is 10.6 Å². The van der Waals surface area contributed by atoms with Crippen molar-refractivity contribution in [2.24, 2.45) is 11.8 Å². The van der Waals surface area contributed by atoms with Crippen LogP contribution in [0.3, 0.4) is 0 Å². The summed E-state index contributed by atoms with van der Waals surface area (Å²) in [5.74, 6) is -3.71. The molecule has 2 rings (SSSR count). The van der Waals surface area contributed by atoms with Gasteiger partial charge in [0.2, 0.25) is 17.7 Å². The zero-order chi connectivity index (χ0) is 15.6. The van der Waals surface area contributed by atoms with Gasteiger partial charge in [0.05, 0.1) is 5.92 Å². The van der Waals surface area contributed by atoms with Crippen LogP contribution in [-0.4, -0.2) is 29.9 Å². The average Bonchev–Trinajstić information content (AvgIpc) is 2.41. The van der Waals surface area contributed by atoms with Crippen LogP contribution in [0.1, 0.15) is 38.5 Å². The zero-order valence-electron chi connectivity index (χ0n) is 11.3. The van der Waals surface area contributed by atoms with Gasteiger partial charge in [-0.1, -0.05) is 6.42 Å². The third-order valence-corrected chi connectivity index (χ3v) is 4.06. The predicted octanol–water partition coefficient (Wildman–Crippen LogP) is 1.28. The second kappa shape index (κ2) is 6.03. The fraction of sp³-hybridized carbons (Fsp3) is 0.769. The average molecular weight is 306 g/mol. The Balaban J connectivity index is 1.91. The number of alkyl halides is 3. The van der Waals surface area contributed by atoms with Crippen molar-refractivity contribution in [3.05, 3.63) is 0 Å². The molecule has 3 atom stereocenters. The standard InChI is InChI=1S/C13H17F3N2O3/c14-13(15,16)8-3-1-2-7(6-8)11(20)17-9-4-5-10(19)18-12(9)21/h7-9H,1-6H2,(H,17,20)(H,18,19,21). The molecular formula is C13H17F3N2O3. The highest BCUT2D eigenvalue weighted by Gasteiger charge is 2.44. The maximum absolute atomic E-state index is 12.7. The Morgan fingerprint density at radius 2 is 1.90 bits per heavy atom. The third-order valence-electron chi connectivity index (χ3n) is 4.06. The molecule has 1 aliphatic carbocycles. The van der Waals surface area contributed by atoms with Crippen molar-refractivity contribution >= 4 is 17.7 Å². The Labute approximate surface area is 119 Å². The molecule has 3 unspecified atom stereocenters. The quantitative estimate of drug-likeness (QED) is 0.755. The first-order valence-corrected chi connectivity index (χ1v) is 6.98. The lowest BCUT2D eigenvalue weighted by Gasteiger charge is -2.31. The van der Waals surface area contributed by atoms with Gasteiger partial charge in [-0.05, 0) is 25.7 Å². The number of carbonyl (C=O) groups is 3. The molecule has 1 aliphatic heterocycles. The number of nitrogens with one attached hydrogen (secondary N) is 2. The van der Waals surface area contributed by atoms with Crippen molar-refractivity contribution in [2.45, 2.75) is 50.7 Å². The molecule has 0 bridgehead atoms. The second-order valence-corrected chi connectivity index (χ2v) is 5.61. The maximum Gasteiger partial charge on any atom is 0.391 e. The van der Waals surface area contributed by atoms with E-state index in [4.69, 9.17) is 0 Å². The predicted molar refractivity (Wildman–Crippen MR) is 65.8 cm³/mol. The van der Waals surface area contributed by atoms with E-state index >= 15 is 0 Å². The van der Waals surface area contributed by atoms with Crippen LogP contribution in [0.25, 0.3) is 0 Å². The normalized spacial score (nSPS) is 30.7. The van der Waals surface area contributed by atoms with E-state index < -0.39 is 41.8 Å². The fourth-order valence-electron chi connectivity index (χ4n) is 2.85. The van der Waals surface area contributed by atoms with Gasteiger partial charge in [-0.25, -0.2) is 0 Å². The lowest BCUT2D eigenvalue weighted by molar-refractivity contribution is -0.186. The van der Waals surface area contributed by atoms with Gasteiger partial charge in [0.15, 0.2) is 0 Å². The minimum absolute atomic E-state index is 0.0473. The first-order chi connectivity index (χ1) is 9.77. The zero-order valence-corrected chi connectivity index (χ0v) is 11.3. The van der Waals surface area contributed by atoms with Crippen LogP contribution in [0.4, 0.5) is 13.2 Å². The number of carbonyl (C=O) groups excluding carboxylic acids is 3. The third kappa shape index (κ3) is 3.95. The van der Waals surface area contributed by atoms with Gasteiger partial charge in [-0.3, -0.25) is 19.7 Å². The molecule has 5 nitrogen and oxygen atoms in total. The molecule has 3 amide bonds. The summed E-state index contributed by atoms with van der Waals surface area (Å²) >= 11 is 0. The summed E-state index contributed by atoms with van der Waals surface area (Å²) < 4.78 is 38.1. The number of piperidine rings is 1. The number of hydrogen-bond acceptors (Lipinski definition) is 3. The molecule has 2 N–H and O–H groups in total. The highest BCUT2D eigenvalue weighted by Crippen LogP contribution is 2.39. The Morgan fingerprint density at radius 3 is 2.52 bits per heavy atom. The molecule has 118 valence electrons. The lowest BCUT2D eigenvalue weighted by atomic mass is 9.80. The van der Waals surface area contributed by atoms with E-state index in [9.17, 15) is 27.6 Å². The summed E-state index contributed by atoms with van der Waals surface area (Å²) in [7, 11) is 0. The highest BCUT2D eigenvalue weighted by atomic mass is 19.4. The molecule has 0 aromatic rings. The summed E-state index contributed by atoms with van der Waals surface area (Å²) in [6.07, 6.45) is -3.43. The molecule has 0 spiro atoms. The van der Waals surface area contributed by atoms with E-state index in [-0.39, 0.29) is 25.7 Å². The molecule has 1 saturated heterocycles. The molecule has 0 aromatic heterocycles. The van der Waals surface area contributed by atoms with Gasteiger partial charge < -0.3 is 5.32 Å².